The highest BCUT2D eigenvalue weighted by molar-refractivity contribution is 5.68. The molecule has 0 saturated carbocycles. The molecule has 0 unspecified atom stereocenters. The third kappa shape index (κ3) is 1.87. The van der Waals surface area contributed by atoms with Crippen LogP contribution in [0.25, 0.3) is 0 Å². The van der Waals surface area contributed by atoms with Crippen LogP contribution in [0.5, 0.6) is 0 Å². The summed E-state index contributed by atoms with van der Waals surface area (Å²) in [5.74, 6) is 0. The first-order chi connectivity index (χ1) is 9.06. The fourth-order valence-electron chi connectivity index (χ4n) is 2.90. The van der Waals surface area contributed by atoms with Gasteiger partial charge in [-0.25, -0.2) is 4.79 Å². The molecular formula is C12H13N3O4. The van der Waals surface area contributed by atoms with E-state index >= 15 is 0 Å². The molecule has 0 bridgehead atoms. The minimum atomic E-state index is -0.901. The Morgan fingerprint density at radius 1 is 1.42 bits per heavy atom. The van der Waals surface area contributed by atoms with E-state index < -0.39 is 11.0 Å². The highest BCUT2D eigenvalue weighted by Gasteiger charge is 2.36. The second kappa shape index (κ2) is 4.11. The normalized spacial score (nSPS) is 20.9. The van der Waals surface area contributed by atoms with E-state index in [9.17, 15) is 14.9 Å². The van der Waals surface area contributed by atoms with Gasteiger partial charge in [0.25, 0.3) is 5.69 Å². The maximum Gasteiger partial charge on any atom is 0.407 e. The molecule has 0 aliphatic carbocycles. The summed E-state index contributed by atoms with van der Waals surface area (Å²) in [4.78, 5) is 24.9. The lowest BCUT2D eigenvalue weighted by Crippen LogP contribution is -2.53. The minimum Gasteiger partial charge on any atom is -0.465 e. The number of nitro groups is 1. The van der Waals surface area contributed by atoms with Crippen molar-refractivity contribution in [3.05, 3.63) is 33.9 Å². The average molecular weight is 263 g/mol. The fourth-order valence-corrected chi connectivity index (χ4v) is 2.90. The van der Waals surface area contributed by atoms with Crippen molar-refractivity contribution < 1.29 is 14.8 Å². The number of non-ortho nitro benzene ring substituents is 1. The molecule has 3 rings (SSSR count). The maximum atomic E-state index is 11.0. The Balaban J connectivity index is 1.87. The Labute approximate surface area is 109 Å². The molecule has 7 nitrogen and oxygen atoms in total. The smallest absolute Gasteiger partial charge is 0.407 e. The number of benzene rings is 1. The van der Waals surface area contributed by atoms with Crippen molar-refractivity contribution >= 4 is 17.5 Å². The Morgan fingerprint density at radius 3 is 2.89 bits per heavy atom. The van der Waals surface area contributed by atoms with Crippen LogP contribution < -0.4 is 4.90 Å². The molecule has 1 atom stereocenters. The maximum absolute atomic E-state index is 11.0. The van der Waals surface area contributed by atoms with Gasteiger partial charge in [-0.15, -0.1) is 0 Å². The Kier molecular flexibility index (Phi) is 2.55. The molecule has 2 aliphatic heterocycles. The predicted octanol–water partition coefficient (Wildman–Crippen LogP) is 1.32. The Hall–Kier alpha value is -2.31. The van der Waals surface area contributed by atoms with Gasteiger partial charge < -0.3 is 14.9 Å². The van der Waals surface area contributed by atoms with Crippen LogP contribution in [0.4, 0.5) is 16.2 Å². The van der Waals surface area contributed by atoms with E-state index in [0.29, 0.717) is 26.1 Å². The van der Waals surface area contributed by atoms with Crippen LogP contribution in [0, 0.1) is 10.1 Å². The molecule has 1 saturated heterocycles. The largest absolute Gasteiger partial charge is 0.465 e. The highest BCUT2D eigenvalue weighted by atomic mass is 16.6. The van der Waals surface area contributed by atoms with Crippen molar-refractivity contribution in [2.24, 2.45) is 0 Å². The van der Waals surface area contributed by atoms with Gasteiger partial charge in [0.15, 0.2) is 0 Å². The summed E-state index contributed by atoms with van der Waals surface area (Å²) in [6, 6.07) is 4.97. The SMILES string of the molecule is O=C(O)N1CCN2c3ccc([N+](=O)[O-])cc3C[C@H]2C1. The van der Waals surface area contributed by atoms with Crippen molar-refractivity contribution in [3.63, 3.8) is 0 Å². The topological polar surface area (TPSA) is 86.9 Å². The number of carboxylic acid groups (broad SMARTS) is 1. The number of nitro benzene ring substituents is 1. The van der Waals surface area contributed by atoms with Crippen LogP contribution in [-0.4, -0.2) is 46.7 Å². The lowest BCUT2D eigenvalue weighted by Gasteiger charge is -2.37. The Bertz CT molecular complexity index is 560. The summed E-state index contributed by atoms with van der Waals surface area (Å²) in [6.45, 7) is 1.57. The zero-order chi connectivity index (χ0) is 13.6. The van der Waals surface area contributed by atoms with Crippen LogP contribution in [-0.2, 0) is 6.42 Å². The van der Waals surface area contributed by atoms with Crippen molar-refractivity contribution in [1.82, 2.24) is 4.90 Å². The molecule has 19 heavy (non-hydrogen) atoms. The molecular weight excluding hydrogens is 250 g/mol. The van der Waals surface area contributed by atoms with Gasteiger partial charge in [-0.05, 0) is 18.1 Å². The van der Waals surface area contributed by atoms with E-state index in [-0.39, 0.29) is 11.7 Å². The first kappa shape index (κ1) is 11.8. The van der Waals surface area contributed by atoms with Crippen LogP contribution in [0.1, 0.15) is 5.56 Å². The molecule has 2 heterocycles. The van der Waals surface area contributed by atoms with Crippen molar-refractivity contribution in [2.75, 3.05) is 24.5 Å². The quantitative estimate of drug-likeness (QED) is 0.610. The van der Waals surface area contributed by atoms with Gasteiger partial charge in [0.2, 0.25) is 0 Å². The number of piperazine rings is 1. The molecule has 1 aromatic rings. The van der Waals surface area contributed by atoms with Crippen LogP contribution >= 0.6 is 0 Å². The minimum absolute atomic E-state index is 0.0914. The number of anilines is 1. The fraction of sp³-hybridized carbons (Fsp3) is 0.417. The number of rotatable bonds is 1. The standard InChI is InChI=1S/C12H13N3O4/c16-12(17)13-3-4-14-10(7-13)6-8-5-9(15(18)19)1-2-11(8)14/h1-2,5,10H,3-4,6-7H2,(H,16,17)/t10-/m0/s1. The molecule has 1 N–H and O–H groups in total. The molecule has 7 heteroatoms. The van der Waals surface area contributed by atoms with Gasteiger partial charge >= 0.3 is 6.09 Å². The molecule has 2 aliphatic rings. The van der Waals surface area contributed by atoms with Gasteiger partial charge in [0, 0.05) is 37.5 Å². The van der Waals surface area contributed by atoms with Crippen molar-refractivity contribution in [1.29, 1.82) is 0 Å². The number of hydrogen-bond donors (Lipinski definition) is 1. The first-order valence-corrected chi connectivity index (χ1v) is 6.08. The summed E-state index contributed by atoms with van der Waals surface area (Å²) in [5, 5.41) is 19.8. The summed E-state index contributed by atoms with van der Waals surface area (Å²) in [7, 11) is 0. The van der Waals surface area contributed by atoms with E-state index in [1.54, 1.807) is 12.1 Å². The molecule has 1 fully saturated rings. The summed E-state index contributed by atoms with van der Waals surface area (Å²) < 4.78 is 0. The van der Waals surface area contributed by atoms with Crippen LogP contribution in [0.3, 0.4) is 0 Å². The highest BCUT2D eigenvalue weighted by Crippen LogP contribution is 2.36. The van der Waals surface area contributed by atoms with E-state index in [2.05, 4.69) is 4.90 Å². The third-order valence-corrected chi connectivity index (χ3v) is 3.79. The number of nitrogens with zero attached hydrogens (tertiary/aromatic N) is 3. The molecule has 0 spiro atoms. The van der Waals surface area contributed by atoms with E-state index in [4.69, 9.17) is 5.11 Å². The van der Waals surface area contributed by atoms with Gasteiger partial charge in [0.1, 0.15) is 0 Å². The summed E-state index contributed by atoms with van der Waals surface area (Å²) in [5.41, 5.74) is 2.03. The Morgan fingerprint density at radius 2 is 2.21 bits per heavy atom. The molecule has 0 radical (unpaired) electrons. The first-order valence-electron chi connectivity index (χ1n) is 6.08. The lowest BCUT2D eigenvalue weighted by atomic mass is 10.1. The van der Waals surface area contributed by atoms with E-state index in [1.807, 2.05) is 0 Å². The number of fused-ring (bicyclic) bond motifs is 3. The van der Waals surface area contributed by atoms with Crippen LogP contribution in [0.2, 0.25) is 0 Å². The van der Waals surface area contributed by atoms with E-state index in [0.717, 1.165) is 11.3 Å². The summed E-state index contributed by atoms with van der Waals surface area (Å²) >= 11 is 0. The summed E-state index contributed by atoms with van der Waals surface area (Å²) in [6.07, 6.45) is -0.234. The second-order valence-corrected chi connectivity index (χ2v) is 4.85. The number of carbonyl (C=O) groups is 1. The lowest BCUT2D eigenvalue weighted by molar-refractivity contribution is -0.384. The predicted molar refractivity (Wildman–Crippen MR) is 67.5 cm³/mol. The van der Waals surface area contributed by atoms with E-state index in [1.165, 1.54) is 11.0 Å². The monoisotopic (exact) mass is 263 g/mol. The van der Waals surface area contributed by atoms with Crippen molar-refractivity contribution in [3.8, 4) is 0 Å². The van der Waals surface area contributed by atoms with Gasteiger partial charge in [-0.2, -0.15) is 0 Å². The second-order valence-electron chi connectivity index (χ2n) is 4.85. The number of amides is 1. The molecule has 100 valence electrons. The molecule has 0 aromatic heterocycles. The third-order valence-electron chi connectivity index (χ3n) is 3.79. The number of hydrogen-bond acceptors (Lipinski definition) is 4. The van der Waals surface area contributed by atoms with Gasteiger partial charge in [-0.3, -0.25) is 10.1 Å². The zero-order valence-electron chi connectivity index (χ0n) is 10.2. The van der Waals surface area contributed by atoms with Gasteiger partial charge in [-0.1, -0.05) is 0 Å². The average Bonchev–Trinajstić information content (AvgIpc) is 2.74. The van der Waals surface area contributed by atoms with Crippen LogP contribution in [0.15, 0.2) is 18.2 Å². The van der Waals surface area contributed by atoms with Gasteiger partial charge in [0.05, 0.1) is 11.0 Å². The van der Waals surface area contributed by atoms with Crippen molar-refractivity contribution in [2.45, 2.75) is 12.5 Å². The molecule has 1 amide bonds. The zero-order valence-corrected chi connectivity index (χ0v) is 10.2. The molecule has 1 aromatic carbocycles.